The Hall–Kier alpha value is -3.83. The minimum absolute atomic E-state index is 0.201. The highest BCUT2D eigenvalue weighted by atomic mass is 32.2. The van der Waals surface area contributed by atoms with Crippen LogP contribution in [0.1, 0.15) is 20.7 Å². The molecule has 0 aliphatic carbocycles. The molecule has 0 unspecified atom stereocenters. The molecular weight excluding hydrogens is 408 g/mol. The van der Waals surface area contributed by atoms with Crippen LogP contribution in [0.3, 0.4) is 0 Å². The van der Waals surface area contributed by atoms with Crippen molar-refractivity contribution < 1.29 is 19.8 Å². The summed E-state index contributed by atoms with van der Waals surface area (Å²) >= 11 is 1.37. The number of carbonyl (C=O) groups is 2. The van der Waals surface area contributed by atoms with E-state index in [2.05, 4.69) is 0 Å². The van der Waals surface area contributed by atoms with Gasteiger partial charge in [-0.1, -0.05) is 84.6 Å². The van der Waals surface area contributed by atoms with Crippen molar-refractivity contribution >= 4 is 23.7 Å². The maximum atomic E-state index is 11.9. The number of carboxylic acids is 2. The zero-order chi connectivity index (χ0) is 21.8. The molecule has 4 aromatic carbocycles. The fourth-order valence-electron chi connectivity index (χ4n) is 3.51. The van der Waals surface area contributed by atoms with Crippen LogP contribution in [0.5, 0.6) is 0 Å². The van der Waals surface area contributed by atoms with Crippen molar-refractivity contribution in [1.82, 2.24) is 0 Å². The number of rotatable bonds is 6. The van der Waals surface area contributed by atoms with Gasteiger partial charge in [0.15, 0.2) is 0 Å². The smallest absolute Gasteiger partial charge is 0.336 e. The van der Waals surface area contributed by atoms with E-state index in [0.29, 0.717) is 11.1 Å². The van der Waals surface area contributed by atoms with E-state index in [4.69, 9.17) is 0 Å². The third-order valence-electron chi connectivity index (χ3n) is 4.86. The van der Waals surface area contributed by atoms with Crippen LogP contribution in [-0.4, -0.2) is 22.2 Å². The van der Waals surface area contributed by atoms with Crippen molar-refractivity contribution in [3.63, 3.8) is 0 Å². The van der Waals surface area contributed by atoms with Crippen LogP contribution >= 0.6 is 11.8 Å². The molecule has 152 valence electrons. The first kappa shape index (κ1) is 20.4. The largest absolute Gasteiger partial charge is 0.478 e. The molecule has 0 amide bonds. The molecule has 0 aliphatic rings. The van der Waals surface area contributed by atoms with Gasteiger partial charge < -0.3 is 10.2 Å². The molecule has 31 heavy (non-hydrogen) atoms. The Labute approximate surface area is 183 Å². The Kier molecular flexibility index (Phi) is 5.87. The predicted molar refractivity (Wildman–Crippen MR) is 122 cm³/mol. The van der Waals surface area contributed by atoms with Gasteiger partial charge in [-0.05, 0) is 35.4 Å². The van der Waals surface area contributed by atoms with Gasteiger partial charge >= 0.3 is 11.9 Å². The van der Waals surface area contributed by atoms with Gasteiger partial charge in [0.2, 0.25) is 0 Å². The molecule has 0 spiro atoms. The molecule has 0 saturated heterocycles. The summed E-state index contributed by atoms with van der Waals surface area (Å²) < 4.78 is 0. The summed E-state index contributed by atoms with van der Waals surface area (Å²) in [5.41, 5.74) is 3.21. The normalized spacial score (nSPS) is 10.6. The standard InChI is InChI=1S/C26H18O4S/c27-25(28)19-13-7-15-21(23(19)17-9-3-1-4-10-17)31-22-16-8-14-20(26(29)30)24(22)18-11-5-2-6-12-18/h1-16H,(H,27,28)(H,29,30). The molecule has 0 heterocycles. The van der Waals surface area contributed by atoms with E-state index in [9.17, 15) is 19.8 Å². The van der Waals surface area contributed by atoms with Crippen molar-refractivity contribution in [1.29, 1.82) is 0 Å². The van der Waals surface area contributed by atoms with Gasteiger partial charge in [0.25, 0.3) is 0 Å². The monoisotopic (exact) mass is 426 g/mol. The zero-order valence-corrected chi connectivity index (χ0v) is 17.2. The van der Waals surface area contributed by atoms with Gasteiger partial charge in [0.1, 0.15) is 0 Å². The molecule has 4 aromatic rings. The fraction of sp³-hybridized carbons (Fsp3) is 0. The molecule has 0 radical (unpaired) electrons. The lowest BCUT2D eigenvalue weighted by Gasteiger charge is -2.16. The highest BCUT2D eigenvalue weighted by Gasteiger charge is 2.20. The second-order valence-corrected chi connectivity index (χ2v) is 7.89. The Morgan fingerprint density at radius 1 is 0.516 bits per heavy atom. The SMILES string of the molecule is O=C(O)c1cccc(Sc2cccc(C(=O)O)c2-c2ccccc2)c1-c1ccccc1. The summed E-state index contributed by atoms with van der Waals surface area (Å²) in [6, 6.07) is 29.0. The third-order valence-corrected chi connectivity index (χ3v) is 5.98. The lowest BCUT2D eigenvalue weighted by atomic mass is 9.99. The summed E-state index contributed by atoms with van der Waals surface area (Å²) in [6.07, 6.45) is 0. The number of hydrogen-bond donors (Lipinski definition) is 2. The van der Waals surface area contributed by atoms with Crippen LogP contribution in [0.25, 0.3) is 22.3 Å². The van der Waals surface area contributed by atoms with E-state index in [-0.39, 0.29) is 11.1 Å². The van der Waals surface area contributed by atoms with E-state index in [1.807, 2.05) is 72.8 Å². The first-order chi connectivity index (χ1) is 15.1. The van der Waals surface area contributed by atoms with Crippen molar-refractivity contribution in [3.05, 3.63) is 108 Å². The molecule has 0 fully saturated rings. The van der Waals surface area contributed by atoms with Crippen molar-refractivity contribution in [2.75, 3.05) is 0 Å². The number of benzene rings is 4. The van der Waals surface area contributed by atoms with Crippen LogP contribution in [0, 0.1) is 0 Å². The summed E-state index contributed by atoms with van der Waals surface area (Å²) in [7, 11) is 0. The van der Waals surface area contributed by atoms with Crippen LogP contribution in [0.2, 0.25) is 0 Å². The molecule has 5 heteroatoms. The summed E-state index contributed by atoms with van der Waals surface area (Å²) in [6.45, 7) is 0. The zero-order valence-electron chi connectivity index (χ0n) is 16.4. The third kappa shape index (κ3) is 4.22. The molecule has 0 bridgehead atoms. The van der Waals surface area contributed by atoms with Gasteiger partial charge in [-0.25, -0.2) is 9.59 Å². The first-order valence-electron chi connectivity index (χ1n) is 9.57. The summed E-state index contributed by atoms with van der Waals surface area (Å²) in [5.74, 6) is -2.02. The lowest BCUT2D eigenvalue weighted by Crippen LogP contribution is -2.02. The van der Waals surface area contributed by atoms with Crippen LogP contribution in [0.4, 0.5) is 0 Å². The van der Waals surface area contributed by atoms with Gasteiger partial charge in [-0.3, -0.25) is 0 Å². The Balaban J connectivity index is 1.92. The minimum atomic E-state index is -1.01. The van der Waals surface area contributed by atoms with Crippen molar-refractivity contribution in [2.24, 2.45) is 0 Å². The Bertz CT molecular complexity index is 1150. The van der Waals surface area contributed by atoms with E-state index in [1.54, 1.807) is 24.3 Å². The van der Waals surface area contributed by atoms with Gasteiger partial charge in [0, 0.05) is 20.9 Å². The van der Waals surface area contributed by atoms with Crippen molar-refractivity contribution in [3.8, 4) is 22.3 Å². The molecule has 0 atom stereocenters. The van der Waals surface area contributed by atoms with Gasteiger partial charge in [-0.2, -0.15) is 0 Å². The second kappa shape index (κ2) is 8.90. The molecule has 2 N–H and O–H groups in total. The van der Waals surface area contributed by atoms with E-state index in [1.165, 1.54) is 11.8 Å². The minimum Gasteiger partial charge on any atom is -0.478 e. The maximum Gasteiger partial charge on any atom is 0.336 e. The highest BCUT2D eigenvalue weighted by molar-refractivity contribution is 7.99. The molecule has 4 rings (SSSR count). The lowest BCUT2D eigenvalue weighted by molar-refractivity contribution is 0.0686. The number of carboxylic acid groups (broad SMARTS) is 2. The fourth-order valence-corrected chi connectivity index (χ4v) is 4.70. The second-order valence-electron chi connectivity index (χ2n) is 6.80. The first-order valence-corrected chi connectivity index (χ1v) is 10.4. The van der Waals surface area contributed by atoms with E-state index < -0.39 is 11.9 Å². The Morgan fingerprint density at radius 3 is 1.26 bits per heavy atom. The highest BCUT2D eigenvalue weighted by Crippen LogP contribution is 2.43. The van der Waals surface area contributed by atoms with Crippen LogP contribution in [-0.2, 0) is 0 Å². The van der Waals surface area contributed by atoms with Crippen molar-refractivity contribution in [2.45, 2.75) is 9.79 Å². The number of hydrogen-bond acceptors (Lipinski definition) is 3. The van der Waals surface area contributed by atoms with Gasteiger partial charge in [-0.15, -0.1) is 0 Å². The topological polar surface area (TPSA) is 74.6 Å². The molecule has 0 aliphatic heterocycles. The molecular formula is C26H18O4S. The quantitative estimate of drug-likeness (QED) is 0.365. The van der Waals surface area contributed by atoms with Gasteiger partial charge in [0.05, 0.1) is 11.1 Å². The predicted octanol–water partition coefficient (Wildman–Crippen LogP) is 6.57. The molecule has 0 saturated carbocycles. The van der Waals surface area contributed by atoms with Crippen LogP contribution < -0.4 is 0 Å². The average Bonchev–Trinajstić information content (AvgIpc) is 2.80. The summed E-state index contributed by atoms with van der Waals surface area (Å²) in [5, 5.41) is 19.6. The van der Waals surface area contributed by atoms with Crippen LogP contribution in [0.15, 0.2) is 107 Å². The maximum absolute atomic E-state index is 11.9. The number of aromatic carboxylic acids is 2. The molecule has 4 nitrogen and oxygen atoms in total. The summed E-state index contributed by atoms with van der Waals surface area (Å²) in [4.78, 5) is 25.4. The van der Waals surface area contributed by atoms with E-state index in [0.717, 1.165) is 20.9 Å². The molecule has 0 aromatic heterocycles. The average molecular weight is 426 g/mol. The van der Waals surface area contributed by atoms with E-state index >= 15 is 0 Å². The Morgan fingerprint density at radius 2 is 0.903 bits per heavy atom.